The summed E-state index contributed by atoms with van der Waals surface area (Å²) in [7, 11) is 0. The lowest BCUT2D eigenvalue weighted by atomic mass is 10.2. The van der Waals surface area contributed by atoms with E-state index in [1.807, 2.05) is 6.07 Å². The highest BCUT2D eigenvalue weighted by molar-refractivity contribution is 5.02. The second-order valence-electron chi connectivity index (χ2n) is 4.56. The molecule has 1 unspecified atom stereocenters. The summed E-state index contributed by atoms with van der Waals surface area (Å²) in [5.74, 6) is 0.872. The topological polar surface area (TPSA) is 49.9 Å². The van der Waals surface area contributed by atoms with Crippen LogP contribution in [0, 0.1) is 5.92 Å². The minimum Gasteiger partial charge on any atom is -0.381 e. The number of nitrogens with one attached hydrogen (secondary N) is 2. The van der Waals surface area contributed by atoms with Gasteiger partial charge in [-0.25, -0.2) is 0 Å². The lowest BCUT2D eigenvalue weighted by Gasteiger charge is -2.11. The molecule has 1 fully saturated rings. The molecule has 1 atom stereocenters. The maximum absolute atomic E-state index is 5.57. The molecule has 0 aliphatic heterocycles. The Morgan fingerprint density at radius 3 is 3.19 bits per heavy atom. The fraction of sp³-hybridized carbons (Fsp3) is 0.750. The molecule has 0 amide bonds. The fourth-order valence-corrected chi connectivity index (χ4v) is 1.65. The highest BCUT2D eigenvalue weighted by atomic mass is 16.5. The summed E-state index contributed by atoms with van der Waals surface area (Å²) in [5, 5.41) is 10.3. The standard InChI is InChI=1S/C12H21N3O/c1-10(12-5-7-14-15-12)13-6-2-8-16-9-11-3-4-11/h5,7,10-11,13H,2-4,6,8-9H2,1H3,(H,14,15). The van der Waals surface area contributed by atoms with Crippen molar-refractivity contribution in [2.45, 2.75) is 32.2 Å². The number of rotatable bonds is 8. The van der Waals surface area contributed by atoms with Gasteiger partial charge in [0.2, 0.25) is 0 Å². The summed E-state index contributed by atoms with van der Waals surface area (Å²) in [4.78, 5) is 0. The monoisotopic (exact) mass is 223 g/mol. The number of hydrogen-bond acceptors (Lipinski definition) is 3. The van der Waals surface area contributed by atoms with Crippen LogP contribution in [-0.4, -0.2) is 30.0 Å². The van der Waals surface area contributed by atoms with Crippen molar-refractivity contribution in [3.63, 3.8) is 0 Å². The van der Waals surface area contributed by atoms with E-state index in [1.54, 1.807) is 6.20 Å². The molecule has 4 heteroatoms. The zero-order valence-electron chi connectivity index (χ0n) is 9.91. The third-order valence-electron chi connectivity index (χ3n) is 2.96. The Labute approximate surface area is 96.8 Å². The zero-order chi connectivity index (χ0) is 11.2. The van der Waals surface area contributed by atoms with Crippen LogP contribution in [0.15, 0.2) is 12.3 Å². The molecule has 1 aliphatic carbocycles. The molecule has 0 aromatic carbocycles. The van der Waals surface area contributed by atoms with E-state index in [0.717, 1.165) is 37.8 Å². The van der Waals surface area contributed by atoms with Gasteiger partial charge in [0, 0.05) is 25.5 Å². The first-order valence-electron chi connectivity index (χ1n) is 6.16. The molecule has 0 spiro atoms. The van der Waals surface area contributed by atoms with Crippen LogP contribution in [0.3, 0.4) is 0 Å². The largest absolute Gasteiger partial charge is 0.381 e. The van der Waals surface area contributed by atoms with E-state index >= 15 is 0 Å². The van der Waals surface area contributed by atoms with E-state index in [4.69, 9.17) is 4.74 Å². The summed E-state index contributed by atoms with van der Waals surface area (Å²) >= 11 is 0. The molecule has 0 radical (unpaired) electrons. The number of aromatic amines is 1. The van der Waals surface area contributed by atoms with Gasteiger partial charge in [0.05, 0.1) is 5.69 Å². The minimum absolute atomic E-state index is 0.339. The second-order valence-corrected chi connectivity index (χ2v) is 4.56. The van der Waals surface area contributed by atoms with Crippen molar-refractivity contribution in [1.29, 1.82) is 0 Å². The van der Waals surface area contributed by atoms with E-state index in [0.29, 0.717) is 6.04 Å². The summed E-state index contributed by atoms with van der Waals surface area (Å²) in [6.07, 6.45) is 5.60. The highest BCUT2D eigenvalue weighted by Crippen LogP contribution is 2.28. The van der Waals surface area contributed by atoms with Crippen molar-refractivity contribution in [3.8, 4) is 0 Å². The summed E-state index contributed by atoms with van der Waals surface area (Å²) < 4.78 is 5.57. The third-order valence-corrected chi connectivity index (χ3v) is 2.96. The molecule has 1 aliphatic rings. The van der Waals surface area contributed by atoms with Crippen molar-refractivity contribution in [2.24, 2.45) is 5.92 Å². The normalized spacial score (nSPS) is 17.6. The Morgan fingerprint density at radius 1 is 1.62 bits per heavy atom. The smallest absolute Gasteiger partial charge is 0.0518 e. The second kappa shape index (κ2) is 6.01. The summed E-state index contributed by atoms with van der Waals surface area (Å²) in [5.41, 5.74) is 1.14. The molecule has 4 nitrogen and oxygen atoms in total. The van der Waals surface area contributed by atoms with Crippen molar-refractivity contribution in [2.75, 3.05) is 19.8 Å². The van der Waals surface area contributed by atoms with Gasteiger partial charge in [-0.05, 0) is 44.7 Å². The first-order chi connectivity index (χ1) is 7.86. The molecule has 90 valence electrons. The van der Waals surface area contributed by atoms with E-state index in [9.17, 15) is 0 Å². The predicted molar refractivity (Wildman–Crippen MR) is 63.2 cm³/mol. The lowest BCUT2D eigenvalue weighted by molar-refractivity contribution is 0.121. The van der Waals surface area contributed by atoms with Gasteiger partial charge in [-0.15, -0.1) is 0 Å². The maximum Gasteiger partial charge on any atom is 0.0518 e. The molecule has 1 heterocycles. The molecular formula is C12H21N3O. The molecule has 2 rings (SSSR count). The van der Waals surface area contributed by atoms with Gasteiger partial charge in [-0.1, -0.05) is 0 Å². The van der Waals surface area contributed by atoms with Crippen LogP contribution in [0.2, 0.25) is 0 Å². The number of aromatic nitrogens is 2. The van der Waals surface area contributed by atoms with Gasteiger partial charge in [0.25, 0.3) is 0 Å². The zero-order valence-corrected chi connectivity index (χ0v) is 9.91. The Hall–Kier alpha value is -0.870. The molecule has 16 heavy (non-hydrogen) atoms. The van der Waals surface area contributed by atoms with Crippen LogP contribution >= 0.6 is 0 Å². The van der Waals surface area contributed by atoms with Crippen LogP contribution in [0.4, 0.5) is 0 Å². The van der Waals surface area contributed by atoms with Gasteiger partial charge in [-0.3, -0.25) is 5.10 Å². The molecule has 0 saturated heterocycles. The van der Waals surface area contributed by atoms with E-state index in [2.05, 4.69) is 22.4 Å². The number of nitrogens with zero attached hydrogens (tertiary/aromatic N) is 1. The lowest BCUT2D eigenvalue weighted by Crippen LogP contribution is -2.21. The third kappa shape index (κ3) is 3.94. The van der Waals surface area contributed by atoms with Crippen molar-refractivity contribution < 1.29 is 4.74 Å². The first-order valence-corrected chi connectivity index (χ1v) is 6.16. The first kappa shape index (κ1) is 11.6. The molecule has 1 aromatic rings. The van der Waals surface area contributed by atoms with Crippen LogP contribution in [0.1, 0.15) is 37.9 Å². The fourth-order valence-electron chi connectivity index (χ4n) is 1.65. The number of hydrogen-bond donors (Lipinski definition) is 2. The van der Waals surface area contributed by atoms with Crippen LogP contribution < -0.4 is 5.32 Å². The molecule has 1 saturated carbocycles. The van der Waals surface area contributed by atoms with E-state index in [-0.39, 0.29) is 0 Å². The Bertz CT molecular complexity index is 282. The summed E-state index contributed by atoms with van der Waals surface area (Å²) in [6.45, 7) is 4.97. The molecule has 1 aromatic heterocycles. The average molecular weight is 223 g/mol. The average Bonchev–Trinajstić information content (AvgIpc) is 2.95. The number of ether oxygens (including phenoxy) is 1. The Balaban J connectivity index is 1.47. The predicted octanol–water partition coefficient (Wildman–Crippen LogP) is 1.88. The molecule has 2 N–H and O–H groups in total. The van der Waals surface area contributed by atoms with Crippen molar-refractivity contribution in [1.82, 2.24) is 15.5 Å². The Kier molecular flexibility index (Phi) is 4.36. The van der Waals surface area contributed by atoms with Gasteiger partial charge in [-0.2, -0.15) is 5.10 Å². The van der Waals surface area contributed by atoms with Gasteiger partial charge in [0.1, 0.15) is 0 Å². The van der Waals surface area contributed by atoms with Crippen LogP contribution in [-0.2, 0) is 4.74 Å². The van der Waals surface area contributed by atoms with Gasteiger partial charge >= 0.3 is 0 Å². The number of H-pyrrole nitrogens is 1. The van der Waals surface area contributed by atoms with Crippen molar-refractivity contribution >= 4 is 0 Å². The summed E-state index contributed by atoms with van der Waals surface area (Å²) in [6, 6.07) is 2.34. The quantitative estimate of drug-likeness (QED) is 0.662. The van der Waals surface area contributed by atoms with Gasteiger partial charge < -0.3 is 10.1 Å². The maximum atomic E-state index is 5.57. The van der Waals surface area contributed by atoms with E-state index in [1.165, 1.54) is 12.8 Å². The van der Waals surface area contributed by atoms with Gasteiger partial charge in [0.15, 0.2) is 0 Å². The van der Waals surface area contributed by atoms with E-state index < -0.39 is 0 Å². The minimum atomic E-state index is 0.339. The van der Waals surface area contributed by atoms with Crippen LogP contribution in [0.5, 0.6) is 0 Å². The molecular weight excluding hydrogens is 202 g/mol. The molecule has 0 bridgehead atoms. The van der Waals surface area contributed by atoms with Crippen molar-refractivity contribution in [3.05, 3.63) is 18.0 Å². The Morgan fingerprint density at radius 2 is 2.50 bits per heavy atom. The van der Waals surface area contributed by atoms with Crippen LogP contribution in [0.25, 0.3) is 0 Å². The highest BCUT2D eigenvalue weighted by Gasteiger charge is 2.20. The SMILES string of the molecule is CC(NCCCOCC1CC1)c1ccn[nH]1.